The molecule has 2 aromatic rings. The summed E-state index contributed by atoms with van der Waals surface area (Å²) in [6.45, 7) is 0. The highest BCUT2D eigenvalue weighted by Crippen LogP contribution is 2.39. The molecule has 3 N–H and O–H groups in total. The number of nitrogen functional groups attached to an aromatic ring is 1. The molecular formula is C13H9BrClF3N2O. The molecule has 0 aliphatic heterocycles. The van der Waals surface area contributed by atoms with Gasteiger partial charge in [-0.05, 0) is 23.8 Å². The van der Waals surface area contributed by atoms with Gasteiger partial charge in [-0.3, -0.25) is 0 Å². The minimum absolute atomic E-state index is 0.0234. The molecule has 0 saturated heterocycles. The lowest BCUT2D eigenvalue weighted by Gasteiger charge is -2.19. The third kappa shape index (κ3) is 3.48. The van der Waals surface area contributed by atoms with Crippen molar-refractivity contribution in [1.29, 1.82) is 0 Å². The van der Waals surface area contributed by atoms with Gasteiger partial charge < -0.3 is 10.8 Å². The van der Waals surface area contributed by atoms with E-state index < -0.39 is 17.8 Å². The lowest BCUT2D eigenvalue weighted by Crippen LogP contribution is -2.14. The van der Waals surface area contributed by atoms with Gasteiger partial charge in [0.15, 0.2) is 0 Å². The van der Waals surface area contributed by atoms with Crippen LogP contribution in [0.5, 0.6) is 0 Å². The Bertz CT molecular complexity index is 679. The summed E-state index contributed by atoms with van der Waals surface area (Å²) in [5, 5.41) is 10.4. The van der Waals surface area contributed by atoms with E-state index in [1.165, 1.54) is 24.4 Å². The number of aliphatic hydroxyl groups is 1. The van der Waals surface area contributed by atoms with E-state index in [4.69, 9.17) is 17.3 Å². The van der Waals surface area contributed by atoms with Gasteiger partial charge in [-0.1, -0.05) is 33.6 Å². The molecule has 1 heterocycles. The lowest BCUT2D eigenvalue weighted by molar-refractivity contribution is -0.139. The van der Waals surface area contributed by atoms with Crippen LogP contribution in [-0.2, 0) is 6.18 Å². The Morgan fingerprint density at radius 3 is 2.52 bits per heavy atom. The highest BCUT2D eigenvalue weighted by Gasteiger charge is 2.36. The predicted molar refractivity (Wildman–Crippen MR) is 76.9 cm³/mol. The number of benzene rings is 1. The van der Waals surface area contributed by atoms with Crippen molar-refractivity contribution < 1.29 is 18.3 Å². The summed E-state index contributed by atoms with van der Waals surface area (Å²) < 4.78 is 39.5. The Balaban J connectivity index is 2.58. The second-order valence-corrected chi connectivity index (χ2v) is 5.61. The average molecular weight is 382 g/mol. The number of anilines is 1. The first-order valence-corrected chi connectivity index (χ1v) is 6.83. The molecule has 112 valence electrons. The number of aliphatic hydroxyl groups excluding tert-OH is 1. The molecule has 0 amide bonds. The Labute approximate surface area is 131 Å². The third-order valence-electron chi connectivity index (χ3n) is 2.83. The second kappa shape index (κ2) is 5.82. The summed E-state index contributed by atoms with van der Waals surface area (Å²) in [5.41, 5.74) is 4.35. The zero-order chi connectivity index (χ0) is 15.8. The molecule has 1 aromatic heterocycles. The fourth-order valence-electron chi connectivity index (χ4n) is 1.86. The normalized spacial score (nSPS) is 13.2. The molecule has 0 bridgehead atoms. The summed E-state index contributed by atoms with van der Waals surface area (Å²) in [6.07, 6.45) is -4.94. The van der Waals surface area contributed by atoms with Crippen LogP contribution in [0.25, 0.3) is 0 Å². The fourth-order valence-corrected chi connectivity index (χ4v) is 2.39. The first-order chi connectivity index (χ1) is 9.70. The molecule has 21 heavy (non-hydrogen) atoms. The van der Waals surface area contributed by atoms with Gasteiger partial charge in [0, 0.05) is 16.2 Å². The molecule has 0 aliphatic carbocycles. The van der Waals surface area contributed by atoms with E-state index in [0.29, 0.717) is 0 Å². The largest absolute Gasteiger partial charge is 0.416 e. The molecule has 0 radical (unpaired) electrons. The Morgan fingerprint density at radius 2 is 1.90 bits per heavy atom. The van der Waals surface area contributed by atoms with Gasteiger partial charge in [0.25, 0.3) is 0 Å². The Kier molecular flexibility index (Phi) is 4.46. The SMILES string of the molecule is Nc1ncc(Cl)cc1C(O)c1ccc(Br)cc1C(F)(F)F. The Hall–Kier alpha value is -1.31. The van der Waals surface area contributed by atoms with Crippen LogP contribution < -0.4 is 5.73 Å². The van der Waals surface area contributed by atoms with E-state index in [0.717, 1.165) is 6.07 Å². The lowest BCUT2D eigenvalue weighted by atomic mass is 9.97. The van der Waals surface area contributed by atoms with E-state index in [9.17, 15) is 18.3 Å². The molecule has 1 unspecified atom stereocenters. The average Bonchev–Trinajstić information content (AvgIpc) is 2.40. The van der Waals surface area contributed by atoms with Gasteiger partial charge in [-0.2, -0.15) is 13.2 Å². The van der Waals surface area contributed by atoms with Gasteiger partial charge in [-0.15, -0.1) is 0 Å². The molecule has 8 heteroatoms. The highest BCUT2D eigenvalue weighted by molar-refractivity contribution is 9.10. The van der Waals surface area contributed by atoms with Crippen LogP contribution >= 0.6 is 27.5 Å². The summed E-state index contributed by atoms with van der Waals surface area (Å²) in [6, 6.07) is 4.77. The van der Waals surface area contributed by atoms with Crippen molar-refractivity contribution in [2.75, 3.05) is 5.73 Å². The smallest absolute Gasteiger partial charge is 0.383 e. The number of nitrogens with zero attached hydrogens (tertiary/aromatic N) is 1. The minimum Gasteiger partial charge on any atom is -0.383 e. The van der Waals surface area contributed by atoms with E-state index >= 15 is 0 Å². The molecular weight excluding hydrogens is 373 g/mol. The monoisotopic (exact) mass is 380 g/mol. The number of nitrogens with two attached hydrogens (primary N) is 1. The first kappa shape index (κ1) is 16.1. The predicted octanol–water partition coefficient (Wildman–Crippen LogP) is 4.18. The third-order valence-corrected chi connectivity index (χ3v) is 3.53. The van der Waals surface area contributed by atoms with E-state index in [2.05, 4.69) is 20.9 Å². The van der Waals surface area contributed by atoms with Crippen LogP contribution in [0.4, 0.5) is 19.0 Å². The van der Waals surface area contributed by atoms with Gasteiger partial charge >= 0.3 is 6.18 Å². The molecule has 0 spiro atoms. The number of pyridine rings is 1. The van der Waals surface area contributed by atoms with Gasteiger partial charge in [0.1, 0.15) is 11.9 Å². The van der Waals surface area contributed by atoms with E-state index in [1.807, 2.05) is 0 Å². The van der Waals surface area contributed by atoms with Crippen molar-refractivity contribution in [3.05, 3.63) is 56.6 Å². The summed E-state index contributed by atoms with van der Waals surface area (Å²) in [4.78, 5) is 3.73. The summed E-state index contributed by atoms with van der Waals surface area (Å²) in [5.74, 6) is -0.0806. The summed E-state index contributed by atoms with van der Waals surface area (Å²) >= 11 is 8.72. The quantitative estimate of drug-likeness (QED) is 0.820. The molecule has 2 rings (SSSR count). The topological polar surface area (TPSA) is 59.1 Å². The maximum Gasteiger partial charge on any atom is 0.416 e. The number of hydrogen-bond acceptors (Lipinski definition) is 3. The van der Waals surface area contributed by atoms with Crippen LogP contribution in [0.2, 0.25) is 5.02 Å². The highest BCUT2D eigenvalue weighted by atomic mass is 79.9. The molecule has 1 atom stereocenters. The number of aromatic nitrogens is 1. The molecule has 0 aliphatic rings. The molecule has 0 fully saturated rings. The van der Waals surface area contributed by atoms with Crippen molar-refractivity contribution in [1.82, 2.24) is 4.98 Å². The van der Waals surface area contributed by atoms with Crippen molar-refractivity contribution in [2.24, 2.45) is 0 Å². The number of halogens is 5. The molecule has 1 aromatic carbocycles. The maximum absolute atomic E-state index is 13.1. The van der Waals surface area contributed by atoms with Crippen LogP contribution in [0.3, 0.4) is 0 Å². The van der Waals surface area contributed by atoms with Gasteiger partial charge in [-0.25, -0.2) is 4.98 Å². The summed E-state index contributed by atoms with van der Waals surface area (Å²) in [7, 11) is 0. The minimum atomic E-state index is -4.61. The van der Waals surface area contributed by atoms with Crippen LogP contribution in [0, 0.1) is 0 Å². The van der Waals surface area contributed by atoms with E-state index in [1.54, 1.807) is 0 Å². The first-order valence-electron chi connectivity index (χ1n) is 5.66. The van der Waals surface area contributed by atoms with Crippen LogP contribution in [-0.4, -0.2) is 10.1 Å². The maximum atomic E-state index is 13.1. The second-order valence-electron chi connectivity index (χ2n) is 4.26. The van der Waals surface area contributed by atoms with Crippen molar-refractivity contribution >= 4 is 33.3 Å². The number of hydrogen-bond donors (Lipinski definition) is 2. The van der Waals surface area contributed by atoms with E-state index in [-0.39, 0.29) is 26.4 Å². The zero-order valence-corrected chi connectivity index (χ0v) is 12.7. The van der Waals surface area contributed by atoms with Crippen molar-refractivity contribution in [3.63, 3.8) is 0 Å². The molecule has 3 nitrogen and oxygen atoms in total. The fraction of sp³-hybridized carbons (Fsp3) is 0.154. The van der Waals surface area contributed by atoms with Crippen LogP contribution in [0.15, 0.2) is 34.9 Å². The zero-order valence-electron chi connectivity index (χ0n) is 10.3. The number of rotatable bonds is 2. The van der Waals surface area contributed by atoms with Crippen molar-refractivity contribution in [2.45, 2.75) is 12.3 Å². The Morgan fingerprint density at radius 1 is 1.24 bits per heavy atom. The number of alkyl halides is 3. The van der Waals surface area contributed by atoms with Crippen LogP contribution in [0.1, 0.15) is 22.8 Å². The van der Waals surface area contributed by atoms with Crippen molar-refractivity contribution in [3.8, 4) is 0 Å². The van der Waals surface area contributed by atoms with Gasteiger partial charge in [0.2, 0.25) is 0 Å². The van der Waals surface area contributed by atoms with Gasteiger partial charge in [0.05, 0.1) is 10.6 Å². The standard InChI is InChI=1S/C13H9BrClF3N2O/c14-6-1-2-8(10(3-6)13(16,17)18)11(21)9-4-7(15)5-20-12(9)19/h1-5,11,21H,(H2,19,20). The molecule has 0 saturated carbocycles.